The van der Waals surface area contributed by atoms with Crippen molar-refractivity contribution < 1.29 is 8.78 Å². The van der Waals surface area contributed by atoms with Gasteiger partial charge in [-0.1, -0.05) is 95.0 Å². The number of piperidine rings is 1. The van der Waals surface area contributed by atoms with Crippen LogP contribution in [0.5, 0.6) is 0 Å². The fraction of sp³-hybridized carbons (Fsp3) is 0.519. The summed E-state index contributed by atoms with van der Waals surface area (Å²) >= 11 is 10.7. The third kappa shape index (κ3) is 17.2. The molecule has 3 heterocycles. The summed E-state index contributed by atoms with van der Waals surface area (Å²) in [5.41, 5.74) is 10.2. The molecule has 3 unspecified atom stereocenters. The first-order valence-corrected chi connectivity index (χ1v) is 26.6. The number of thioether (sulfide) groups is 2. The van der Waals surface area contributed by atoms with Gasteiger partial charge in [-0.15, -0.1) is 11.6 Å². The number of hydrogen-bond donors (Lipinski definition) is 3. The number of nitrogens with one attached hydrogen (secondary N) is 3. The van der Waals surface area contributed by atoms with Gasteiger partial charge in [0.15, 0.2) is 0 Å². The van der Waals surface area contributed by atoms with Gasteiger partial charge in [0.1, 0.15) is 6.04 Å². The molecule has 358 valence electrons. The molecule has 3 atom stereocenters. The third-order valence-electron chi connectivity index (χ3n) is 12.9. The minimum atomic E-state index is -2.89. The standard InChI is InChI=1S/C54H74ClF2N7S2/c1-39-16-18-46(19-17-39)15-11-12-41(3)59-26-30-65-36-40(2)43(5)60-27-31-66-37-52(55)45(7)63-28-23-47(24-29-63)13-9-8-10-14-48-20-21-53-51(32-48)50(22-25-61-53)44(6)62-35-42(4)64-38-54(56,57)33-49(64)34-58/h16-22,25,32,40,47,49,52,59-60,62H,3-15,23-24,26-31,33,35-38H2,1-2H3. The number of aromatic nitrogens is 1. The van der Waals surface area contributed by atoms with Gasteiger partial charge in [0.2, 0.25) is 0 Å². The molecule has 2 aromatic carbocycles. The van der Waals surface area contributed by atoms with E-state index in [1.807, 2.05) is 35.7 Å². The number of alkyl halides is 3. The number of nitriles is 1. The Kier molecular flexibility index (Phi) is 21.6. The van der Waals surface area contributed by atoms with E-state index in [-0.39, 0.29) is 11.9 Å². The summed E-state index contributed by atoms with van der Waals surface area (Å²) in [4.78, 5) is 8.37. The first-order valence-electron chi connectivity index (χ1n) is 23.9. The lowest BCUT2D eigenvalue weighted by Gasteiger charge is -2.36. The highest BCUT2D eigenvalue weighted by molar-refractivity contribution is 7.99. The number of nitrogens with zero attached hydrogens (tertiary/aromatic N) is 4. The smallest absolute Gasteiger partial charge is 0.268 e. The van der Waals surface area contributed by atoms with Crippen molar-refractivity contribution in [1.82, 2.24) is 30.7 Å². The average molecular weight is 959 g/mol. The minimum absolute atomic E-state index is 0.0596. The number of allylic oxidation sites excluding steroid dienone is 3. The van der Waals surface area contributed by atoms with Crippen molar-refractivity contribution in [3.8, 4) is 6.07 Å². The van der Waals surface area contributed by atoms with Crippen molar-refractivity contribution in [1.29, 1.82) is 5.26 Å². The Morgan fingerprint density at radius 3 is 2.35 bits per heavy atom. The normalized spacial score (nSPS) is 16.9. The molecule has 0 radical (unpaired) electrons. The van der Waals surface area contributed by atoms with Gasteiger partial charge in [-0.25, -0.2) is 8.78 Å². The van der Waals surface area contributed by atoms with Gasteiger partial charge in [0.05, 0.1) is 30.1 Å². The topological polar surface area (TPSA) is 79.2 Å². The average Bonchev–Trinajstić information content (AvgIpc) is 3.64. The second-order valence-electron chi connectivity index (χ2n) is 18.3. The summed E-state index contributed by atoms with van der Waals surface area (Å²) in [7, 11) is 0. The van der Waals surface area contributed by atoms with Gasteiger partial charge in [-0.3, -0.25) is 4.98 Å². The van der Waals surface area contributed by atoms with Crippen molar-refractivity contribution in [3.05, 3.63) is 133 Å². The zero-order valence-electron chi connectivity index (χ0n) is 39.6. The van der Waals surface area contributed by atoms with Gasteiger partial charge in [-0.05, 0) is 87.1 Å². The summed E-state index contributed by atoms with van der Waals surface area (Å²) in [6.07, 6.45) is 12.7. The van der Waals surface area contributed by atoms with E-state index in [1.54, 1.807) is 6.20 Å². The summed E-state index contributed by atoms with van der Waals surface area (Å²) in [6.45, 7) is 29.2. The Morgan fingerprint density at radius 2 is 1.61 bits per heavy atom. The van der Waals surface area contributed by atoms with Crippen LogP contribution in [-0.2, 0) is 12.8 Å². The summed E-state index contributed by atoms with van der Waals surface area (Å²) in [5, 5.41) is 20.6. The highest BCUT2D eigenvalue weighted by Crippen LogP contribution is 2.34. The number of pyridine rings is 1. The van der Waals surface area contributed by atoms with Gasteiger partial charge < -0.3 is 25.8 Å². The lowest BCUT2D eigenvalue weighted by molar-refractivity contribution is 0.0147. The molecule has 0 saturated carbocycles. The molecular weight excluding hydrogens is 884 g/mol. The highest BCUT2D eigenvalue weighted by atomic mass is 35.5. The number of rotatable bonds is 30. The number of hydrogen-bond acceptors (Lipinski definition) is 9. The molecule has 2 saturated heterocycles. The van der Waals surface area contributed by atoms with Crippen molar-refractivity contribution >= 4 is 51.7 Å². The van der Waals surface area contributed by atoms with Crippen molar-refractivity contribution in [3.63, 3.8) is 0 Å². The molecule has 7 nitrogen and oxygen atoms in total. The van der Waals surface area contributed by atoms with Crippen LogP contribution in [0, 0.1) is 30.1 Å². The van der Waals surface area contributed by atoms with E-state index < -0.39 is 24.9 Å². The van der Waals surface area contributed by atoms with E-state index in [9.17, 15) is 14.0 Å². The number of likely N-dealkylation sites (tertiary alicyclic amines) is 2. The van der Waals surface area contributed by atoms with Gasteiger partial charge in [0, 0.05) is 107 Å². The minimum Gasteiger partial charge on any atom is -0.388 e. The number of unbranched alkanes of at least 4 members (excludes halogenated alkanes) is 2. The molecule has 1 aromatic heterocycles. The first kappa shape index (κ1) is 52.9. The number of halogens is 3. The van der Waals surface area contributed by atoms with Crippen LogP contribution in [-0.4, -0.2) is 94.4 Å². The Bertz CT molecular complexity index is 2110. The fourth-order valence-electron chi connectivity index (χ4n) is 8.68. The quantitative estimate of drug-likeness (QED) is 0.0447. The van der Waals surface area contributed by atoms with Gasteiger partial charge >= 0.3 is 0 Å². The van der Waals surface area contributed by atoms with E-state index in [0.29, 0.717) is 17.3 Å². The summed E-state index contributed by atoms with van der Waals surface area (Å²) < 4.78 is 28.0. The monoisotopic (exact) mass is 958 g/mol. The Balaban J connectivity index is 0.877. The molecule has 3 aromatic rings. The van der Waals surface area contributed by atoms with Crippen LogP contribution in [0.4, 0.5) is 8.78 Å². The molecular formula is C54H74ClF2N7S2. The predicted octanol–water partition coefficient (Wildman–Crippen LogP) is 12.1. The van der Waals surface area contributed by atoms with E-state index >= 15 is 0 Å². The van der Waals surface area contributed by atoms with Crippen molar-refractivity contribution in [2.24, 2.45) is 11.8 Å². The van der Waals surface area contributed by atoms with E-state index in [0.717, 1.165) is 121 Å². The summed E-state index contributed by atoms with van der Waals surface area (Å²) in [6, 6.07) is 18.3. The number of aryl methyl sites for hydroxylation is 3. The van der Waals surface area contributed by atoms with Gasteiger partial charge in [-0.2, -0.15) is 28.8 Å². The first-order chi connectivity index (χ1) is 31.7. The molecule has 3 N–H and O–H groups in total. The highest BCUT2D eigenvalue weighted by Gasteiger charge is 2.45. The van der Waals surface area contributed by atoms with Crippen LogP contribution in [0.25, 0.3) is 16.6 Å². The summed E-state index contributed by atoms with van der Waals surface area (Å²) in [5.74, 6) is 2.21. The molecule has 0 bridgehead atoms. The molecule has 0 amide bonds. The Morgan fingerprint density at radius 1 is 0.909 bits per heavy atom. The third-order valence-corrected chi connectivity index (χ3v) is 15.8. The number of fused-ring (bicyclic) bond motifs is 1. The predicted molar refractivity (Wildman–Crippen MR) is 281 cm³/mol. The lowest BCUT2D eigenvalue weighted by Crippen LogP contribution is -2.36. The zero-order valence-corrected chi connectivity index (χ0v) is 42.0. The molecule has 2 aliphatic rings. The maximum Gasteiger partial charge on any atom is 0.268 e. The molecule has 0 spiro atoms. The van der Waals surface area contributed by atoms with E-state index in [1.165, 1.54) is 53.7 Å². The molecule has 0 aliphatic carbocycles. The zero-order chi connectivity index (χ0) is 47.5. The van der Waals surface area contributed by atoms with Crippen LogP contribution < -0.4 is 16.0 Å². The van der Waals surface area contributed by atoms with Gasteiger partial charge in [0.25, 0.3) is 5.92 Å². The second-order valence-corrected chi connectivity index (χ2v) is 21.1. The second kappa shape index (κ2) is 27.0. The molecule has 5 rings (SSSR count). The SMILES string of the molecule is C=C(CCCc1ccc(C)cc1)NCCSCC(C)C(=C)NCCSCC(Cl)C(=C)N1CCC(CCCCCc2ccc3nccc(C(=C)NCC(=C)N4CC(F)(F)CC4C#N)c3c2)CC1. The van der Waals surface area contributed by atoms with Crippen LogP contribution >= 0.6 is 35.1 Å². The van der Waals surface area contributed by atoms with E-state index in [4.69, 9.17) is 11.6 Å². The maximum atomic E-state index is 14.0. The maximum absolute atomic E-state index is 14.0. The Labute approximate surface area is 409 Å². The van der Waals surface area contributed by atoms with Crippen LogP contribution in [0.1, 0.15) is 87.0 Å². The molecule has 12 heteroatoms. The molecule has 2 aliphatic heterocycles. The van der Waals surface area contributed by atoms with Crippen molar-refractivity contribution in [2.75, 3.05) is 62.3 Å². The fourth-order valence-corrected chi connectivity index (χ4v) is 10.9. The number of benzene rings is 2. The van der Waals surface area contributed by atoms with Crippen LogP contribution in [0.15, 0.2) is 110 Å². The largest absolute Gasteiger partial charge is 0.388 e. The van der Waals surface area contributed by atoms with Crippen LogP contribution in [0.3, 0.4) is 0 Å². The lowest BCUT2D eigenvalue weighted by atomic mass is 9.90. The molecule has 2 fully saturated rings. The van der Waals surface area contributed by atoms with Crippen LogP contribution in [0.2, 0.25) is 0 Å². The molecule has 66 heavy (non-hydrogen) atoms. The van der Waals surface area contributed by atoms with Crippen molar-refractivity contribution in [2.45, 2.75) is 102 Å². The Hall–Kier alpha value is -4.11. The van der Waals surface area contributed by atoms with E-state index in [2.05, 4.69) is 115 Å².